The summed E-state index contributed by atoms with van der Waals surface area (Å²) >= 11 is 12.3. The first-order valence-corrected chi connectivity index (χ1v) is 5.68. The Labute approximate surface area is 94.2 Å². The van der Waals surface area contributed by atoms with Gasteiger partial charge in [0.05, 0.1) is 0 Å². The van der Waals surface area contributed by atoms with Crippen molar-refractivity contribution in [3.05, 3.63) is 33.3 Å². The van der Waals surface area contributed by atoms with E-state index in [9.17, 15) is 0 Å². The molecular formula is C11H13Cl2N. The SMILES string of the molecule is NC1CCCCc2c(Cl)ccc(Cl)c21. The lowest BCUT2D eigenvalue weighted by Crippen LogP contribution is -2.11. The van der Waals surface area contributed by atoms with E-state index in [1.165, 1.54) is 0 Å². The third kappa shape index (κ3) is 1.77. The highest BCUT2D eigenvalue weighted by molar-refractivity contribution is 6.34. The molecule has 0 saturated carbocycles. The predicted molar refractivity (Wildman–Crippen MR) is 60.9 cm³/mol. The number of hydrogen-bond donors (Lipinski definition) is 1. The van der Waals surface area contributed by atoms with Crippen molar-refractivity contribution >= 4 is 23.2 Å². The summed E-state index contributed by atoms with van der Waals surface area (Å²) < 4.78 is 0. The van der Waals surface area contributed by atoms with Crippen LogP contribution < -0.4 is 5.73 Å². The zero-order valence-corrected chi connectivity index (χ0v) is 9.41. The van der Waals surface area contributed by atoms with Crippen LogP contribution in [0.25, 0.3) is 0 Å². The van der Waals surface area contributed by atoms with Gasteiger partial charge in [-0.05, 0) is 42.5 Å². The number of rotatable bonds is 0. The Kier molecular flexibility index (Phi) is 3.01. The Morgan fingerprint density at radius 2 is 1.86 bits per heavy atom. The average molecular weight is 230 g/mol. The molecular weight excluding hydrogens is 217 g/mol. The van der Waals surface area contributed by atoms with Crippen LogP contribution >= 0.6 is 23.2 Å². The number of hydrogen-bond acceptors (Lipinski definition) is 1. The molecule has 1 aromatic rings. The summed E-state index contributed by atoms with van der Waals surface area (Å²) in [6.45, 7) is 0. The largest absolute Gasteiger partial charge is 0.324 e. The lowest BCUT2D eigenvalue weighted by Gasteiger charge is -2.15. The molecule has 1 atom stereocenters. The van der Waals surface area contributed by atoms with Crippen molar-refractivity contribution in [2.24, 2.45) is 5.73 Å². The Morgan fingerprint density at radius 3 is 2.64 bits per heavy atom. The molecule has 76 valence electrons. The van der Waals surface area contributed by atoms with Gasteiger partial charge in [0.25, 0.3) is 0 Å². The van der Waals surface area contributed by atoms with Gasteiger partial charge in [0.15, 0.2) is 0 Å². The van der Waals surface area contributed by atoms with Crippen molar-refractivity contribution in [2.45, 2.75) is 31.7 Å². The molecule has 0 fully saturated rings. The van der Waals surface area contributed by atoms with Crippen molar-refractivity contribution in [1.82, 2.24) is 0 Å². The normalized spacial score (nSPS) is 21.5. The van der Waals surface area contributed by atoms with Crippen LogP contribution in [0.2, 0.25) is 10.0 Å². The third-order valence-corrected chi connectivity index (χ3v) is 3.49. The minimum absolute atomic E-state index is 0.0544. The fraction of sp³-hybridized carbons (Fsp3) is 0.455. The molecule has 1 unspecified atom stereocenters. The van der Waals surface area contributed by atoms with Crippen molar-refractivity contribution in [3.8, 4) is 0 Å². The summed E-state index contributed by atoms with van der Waals surface area (Å²) in [4.78, 5) is 0. The van der Waals surface area contributed by atoms with E-state index in [0.717, 1.165) is 46.9 Å². The van der Waals surface area contributed by atoms with Gasteiger partial charge in [-0.3, -0.25) is 0 Å². The molecule has 0 aromatic heterocycles. The number of fused-ring (bicyclic) bond motifs is 1. The summed E-state index contributed by atoms with van der Waals surface area (Å²) in [5.41, 5.74) is 8.30. The molecule has 0 spiro atoms. The lowest BCUT2D eigenvalue weighted by atomic mass is 10.00. The molecule has 0 bridgehead atoms. The quantitative estimate of drug-likeness (QED) is 0.675. The molecule has 0 saturated heterocycles. The van der Waals surface area contributed by atoms with Gasteiger partial charge >= 0.3 is 0 Å². The van der Waals surface area contributed by atoms with E-state index in [4.69, 9.17) is 28.9 Å². The van der Waals surface area contributed by atoms with Crippen LogP contribution in [0, 0.1) is 0 Å². The maximum Gasteiger partial charge on any atom is 0.0457 e. The van der Waals surface area contributed by atoms with Crippen LogP contribution in [0.15, 0.2) is 12.1 Å². The van der Waals surface area contributed by atoms with Gasteiger partial charge in [-0.25, -0.2) is 0 Å². The summed E-state index contributed by atoms with van der Waals surface area (Å²) in [5.74, 6) is 0. The molecule has 0 aliphatic heterocycles. The van der Waals surface area contributed by atoms with Crippen molar-refractivity contribution in [1.29, 1.82) is 0 Å². The van der Waals surface area contributed by atoms with Crippen LogP contribution in [-0.4, -0.2) is 0 Å². The van der Waals surface area contributed by atoms with Gasteiger partial charge in [0.2, 0.25) is 0 Å². The van der Waals surface area contributed by atoms with Crippen molar-refractivity contribution in [3.63, 3.8) is 0 Å². The molecule has 0 heterocycles. The zero-order chi connectivity index (χ0) is 10.1. The van der Waals surface area contributed by atoms with Gasteiger partial charge in [-0.1, -0.05) is 29.6 Å². The molecule has 3 heteroatoms. The first-order valence-electron chi connectivity index (χ1n) is 4.92. The second kappa shape index (κ2) is 4.09. The number of halogens is 2. The molecule has 1 aromatic carbocycles. The van der Waals surface area contributed by atoms with Crippen LogP contribution in [0.3, 0.4) is 0 Å². The third-order valence-electron chi connectivity index (χ3n) is 2.81. The second-order valence-corrected chi connectivity index (χ2v) is 4.59. The monoisotopic (exact) mass is 229 g/mol. The predicted octanol–water partition coefficient (Wildman–Crippen LogP) is 3.72. The lowest BCUT2D eigenvalue weighted by molar-refractivity contribution is 0.615. The highest BCUT2D eigenvalue weighted by Crippen LogP contribution is 2.36. The van der Waals surface area contributed by atoms with Crippen LogP contribution in [0.5, 0.6) is 0 Å². The first kappa shape index (κ1) is 10.3. The molecule has 1 aliphatic rings. The smallest absolute Gasteiger partial charge is 0.0457 e. The summed E-state index contributed by atoms with van der Waals surface area (Å²) in [6.07, 6.45) is 4.32. The van der Waals surface area contributed by atoms with Gasteiger partial charge in [-0.15, -0.1) is 0 Å². The van der Waals surface area contributed by atoms with E-state index in [0.29, 0.717) is 0 Å². The molecule has 2 rings (SSSR count). The van der Waals surface area contributed by atoms with E-state index in [-0.39, 0.29) is 6.04 Å². The Balaban J connectivity index is 2.57. The van der Waals surface area contributed by atoms with E-state index in [1.54, 1.807) is 0 Å². The topological polar surface area (TPSA) is 26.0 Å². The van der Waals surface area contributed by atoms with Crippen molar-refractivity contribution < 1.29 is 0 Å². The Bertz CT molecular complexity index is 349. The van der Waals surface area contributed by atoms with E-state index < -0.39 is 0 Å². The van der Waals surface area contributed by atoms with Crippen molar-refractivity contribution in [2.75, 3.05) is 0 Å². The van der Waals surface area contributed by atoms with E-state index in [2.05, 4.69) is 0 Å². The fourth-order valence-corrected chi connectivity index (χ4v) is 2.65. The van der Waals surface area contributed by atoms with E-state index in [1.807, 2.05) is 12.1 Å². The molecule has 2 N–H and O–H groups in total. The molecule has 1 aliphatic carbocycles. The van der Waals surface area contributed by atoms with Crippen LogP contribution in [0.1, 0.15) is 36.4 Å². The van der Waals surface area contributed by atoms with Gasteiger partial charge in [0.1, 0.15) is 0 Å². The summed E-state index contributed by atoms with van der Waals surface area (Å²) in [6, 6.07) is 3.76. The maximum atomic E-state index is 6.14. The Morgan fingerprint density at radius 1 is 1.14 bits per heavy atom. The molecule has 0 amide bonds. The minimum atomic E-state index is 0.0544. The fourth-order valence-electron chi connectivity index (χ4n) is 2.07. The molecule has 1 nitrogen and oxygen atoms in total. The highest BCUT2D eigenvalue weighted by atomic mass is 35.5. The zero-order valence-electron chi connectivity index (χ0n) is 7.89. The Hall–Kier alpha value is -0.240. The highest BCUT2D eigenvalue weighted by Gasteiger charge is 2.19. The first-order chi connectivity index (χ1) is 6.70. The number of nitrogens with two attached hydrogens (primary N) is 1. The molecule has 0 radical (unpaired) electrons. The second-order valence-electron chi connectivity index (χ2n) is 3.77. The van der Waals surface area contributed by atoms with Crippen LogP contribution in [0.4, 0.5) is 0 Å². The van der Waals surface area contributed by atoms with Crippen LogP contribution in [-0.2, 0) is 6.42 Å². The summed E-state index contributed by atoms with van der Waals surface area (Å²) in [5, 5.41) is 1.57. The number of benzene rings is 1. The van der Waals surface area contributed by atoms with Gasteiger partial charge < -0.3 is 5.73 Å². The standard InChI is InChI=1S/C11H13Cl2N/c12-8-5-6-9(13)11-7(8)3-1-2-4-10(11)14/h5-6,10H,1-4,14H2. The van der Waals surface area contributed by atoms with Gasteiger partial charge in [-0.2, -0.15) is 0 Å². The van der Waals surface area contributed by atoms with Gasteiger partial charge in [0, 0.05) is 16.1 Å². The summed E-state index contributed by atoms with van der Waals surface area (Å²) in [7, 11) is 0. The minimum Gasteiger partial charge on any atom is -0.324 e. The average Bonchev–Trinajstić information content (AvgIpc) is 2.35. The van der Waals surface area contributed by atoms with E-state index >= 15 is 0 Å². The molecule has 14 heavy (non-hydrogen) atoms. The maximum absolute atomic E-state index is 6.14.